The first-order valence-corrected chi connectivity index (χ1v) is 9.58. The molecule has 1 fully saturated rings. The van der Waals surface area contributed by atoms with Gasteiger partial charge in [0.05, 0.1) is 6.10 Å². The highest BCUT2D eigenvalue weighted by Crippen LogP contribution is 2.19. The van der Waals surface area contributed by atoms with E-state index in [-0.39, 0.29) is 5.82 Å². The Morgan fingerprint density at radius 2 is 1.80 bits per heavy atom. The molecule has 1 aromatic carbocycles. The van der Waals surface area contributed by atoms with Crippen molar-refractivity contribution < 1.29 is 9.13 Å². The highest BCUT2D eigenvalue weighted by molar-refractivity contribution is 5.79. The van der Waals surface area contributed by atoms with E-state index < -0.39 is 0 Å². The van der Waals surface area contributed by atoms with Crippen LogP contribution in [-0.2, 0) is 11.3 Å². The molecule has 0 amide bonds. The fourth-order valence-corrected chi connectivity index (χ4v) is 3.10. The minimum absolute atomic E-state index is 0.211. The van der Waals surface area contributed by atoms with Crippen molar-refractivity contribution in [1.29, 1.82) is 0 Å². The summed E-state index contributed by atoms with van der Waals surface area (Å²) in [6.45, 7) is 2.36. The lowest BCUT2D eigenvalue weighted by Gasteiger charge is -2.15. The third kappa shape index (κ3) is 8.34. The number of hydrogen-bond acceptors (Lipinski definition) is 2. The summed E-state index contributed by atoms with van der Waals surface area (Å²) in [7, 11) is 1.76. The van der Waals surface area contributed by atoms with Crippen molar-refractivity contribution in [3.05, 3.63) is 35.6 Å². The summed E-state index contributed by atoms with van der Waals surface area (Å²) < 4.78 is 18.9. The summed E-state index contributed by atoms with van der Waals surface area (Å²) in [5, 5.41) is 6.55. The molecule has 140 valence electrons. The molecule has 0 saturated heterocycles. The van der Waals surface area contributed by atoms with Gasteiger partial charge < -0.3 is 15.4 Å². The van der Waals surface area contributed by atoms with Gasteiger partial charge in [-0.05, 0) is 43.4 Å². The molecule has 0 atom stereocenters. The lowest BCUT2D eigenvalue weighted by molar-refractivity contribution is 0.0411. The van der Waals surface area contributed by atoms with Gasteiger partial charge in [-0.3, -0.25) is 4.99 Å². The van der Waals surface area contributed by atoms with Crippen LogP contribution in [-0.4, -0.2) is 32.3 Å². The standard InChI is InChI=1S/C20H32FN3O/c1-22-20(24-16-17-10-12-18(21)13-11-17)23-14-6-7-15-25-19-8-4-2-3-5-9-19/h10-13,19H,2-9,14-16H2,1H3,(H2,22,23,24). The van der Waals surface area contributed by atoms with Crippen LogP contribution in [0, 0.1) is 5.82 Å². The van der Waals surface area contributed by atoms with E-state index in [1.807, 2.05) is 0 Å². The summed E-state index contributed by atoms with van der Waals surface area (Å²) in [5.74, 6) is 0.561. The van der Waals surface area contributed by atoms with Gasteiger partial charge in [0.1, 0.15) is 5.82 Å². The zero-order valence-corrected chi connectivity index (χ0v) is 15.4. The van der Waals surface area contributed by atoms with E-state index in [1.165, 1.54) is 50.7 Å². The van der Waals surface area contributed by atoms with Crippen molar-refractivity contribution in [2.75, 3.05) is 20.2 Å². The van der Waals surface area contributed by atoms with Crippen LogP contribution in [0.5, 0.6) is 0 Å². The largest absolute Gasteiger partial charge is 0.378 e. The second kappa shape index (κ2) is 11.9. The summed E-state index contributed by atoms with van der Waals surface area (Å²) >= 11 is 0. The Balaban J connectivity index is 1.52. The van der Waals surface area contributed by atoms with Crippen LogP contribution in [0.15, 0.2) is 29.3 Å². The van der Waals surface area contributed by atoms with Crippen molar-refractivity contribution in [2.45, 2.75) is 64.0 Å². The average Bonchev–Trinajstić information content (AvgIpc) is 2.90. The molecule has 0 heterocycles. The first-order valence-electron chi connectivity index (χ1n) is 9.58. The molecule has 0 radical (unpaired) electrons. The minimum atomic E-state index is -0.211. The number of hydrogen-bond donors (Lipinski definition) is 2. The topological polar surface area (TPSA) is 45.7 Å². The molecule has 1 aliphatic carbocycles. The Labute approximate surface area is 151 Å². The molecular formula is C20H32FN3O. The van der Waals surface area contributed by atoms with E-state index in [4.69, 9.17) is 4.74 Å². The number of aliphatic imine (C=N–C) groups is 1. The lowest BCUT2D eigenvalue weighted by Crippen LogP contribution is -2.37. The van der Waals surface area contributed by atoms with Crippen LogP contribution in [0.1, 0.15) is 56.9 Å². The van der Waals surface area contributed by atoms with Crippen LogP contribution < -0.4 is 10.6 Å². The third-order valence-electron chi connectivity index (χ3n) is 4.62. The van der Waals surface area contributed by atoms with Crippen molar-refractivity contribution in [2.24, 2.45) is 4.99 Å². The zero-order chi connectivity index (χ0) is 17.7. The highest BCUT2D eigenvalue weighted by Gasteiger charge is 2.11. The van der Waals surface area contributed by atoms with Crippen molar-refractivity contribution in [3.8, 4) is 0 Å². The number of rotatable bonds is 8. The third-order valence-corrected chi connectivity index (χ3v) is 4.62. The lowest BCUT2D eigenvalue weighted by atomic mass is 10.1. The second-order valence-electron chi connectivity index (χ2n) is 6.67. The molecule has 25 heavy (non-hydrogen) atoms. The van der Waals surface area contributed by atoms with Gasteiger partial charge in [0.2, 0.25) is 0 Å². The van der Waals surface area contributed by atoms with Gasteiger partial charge in [-0.25, -0.2) is 4.39 Å². The van der Waals surface area contributed by atoms with E-state index in [2.05, 4.69) is 15.6 Å². The van der Waals surface area contributed by atoms with Crippen molar-refractivity contribution >= 4 is 5.96 Å². The van der Waals surface area contributed by atoms with Gasteiger partial charge in [-0.15, -0.1) is 0 Å². The summed E-state index contributed by atoms with van der Waals surface area (Å²) in [4.78, 5) is 4.21. The van der Waals surface area contributed by atoms with Gasteiger partial charge in [0.15, 0.2) is 5.96 Å². The summed E-state index contributed by atoms with van der Waals surface area (Å²) in [6, 6.07) is 6.50. The molecule has 1 aliphatic rings. The first kappa shape index (κ1) is 19.7. The van der Waals surface area contributed by atoms with E-state index in [1.54, 1.807) is 19.2 Å². The second-order valence-corrected chi connectivity index (χ2v) is 6.67. The molecule has 0 aliphatic heterocycles. The quantitative estimate of drug-likeness (QED) is 0.323. The van der Waals surface area contributed by atoms with Crippen LogP contribution in [0.4, 0.5) is 4.39 Å². The Kier molecular flexibility index (Phi) is 9.34. The van der Waals surface area contributed by atoms with Crippen molar-refractivity contribution in [1.82, 2.24) is 10.6 Å². The van der Waals surface area contributed by atoms with Crippen molar-refractivity contribution in [3.63, 3.8) is 0 Å². The van der Waals surface area contributed by atoms with Gasteiger partial charge in [-0.2, -0.15) is 0 Å². The maximum Gasteiger partial charge on any atom is 0.191 e. The van der Waals surface area contributed by atoms with E-state index in [0.717, 1.165) is 37.5 Å². The molecule has 2 rings (SSSR count). The van der Waals surface area contributed by atoms with E-state index in [0.29, 0.717) is 12.6 Å². The number of nitrogens with zero attached hydrogens (tertiary/aromatic N) is 1. The van der Waals surface area contributed by atoms with Crippen LogP contribution in [0.3, 0.4) is 0 Å². The maximum absolute atomic E-state index is 12.9. The van der Waals surface area contributed by atoms with Crippen LogP contribution in [0.25, 0.3) is 0 Å². The molecule has 0 unspecified atom stereocenters. The smallest absolute Gasteiger partial charge is 0.191 e. The van der Waals surface area contributed by atoms with Gasteiger partial charge in [0.25, 0.3) is 0 Å². The predicted molar refractivity (Wildman–Crippen MR) is 101 cm³/mol. The maximum atomic E-state index is 12.9. The molecule has 1 saturated carbocycles. The molecule has 5 heteroatoms. The molecule has 0 spiro atoms. The molecule has 2 N–H and O–H groups in total. The van der Waals surface area contributed by atoms with Crippen LogP contribution >= 0.6 is 0 Å². The van der Waals surface area contributed by atoms with E-state index >= 15 is 0 Å². The zero-order valence-electron chi connectivity index (χ0n) is 15.4. The van der Waals surface area contributed by atoms with Gasteiger partial charge in [0, 0.05) is 26.7 Å². The Morgan fingerprint density at radius 3 is 2.48 bits per heavy atom. The molecule has 0 bridgehead atoms. The molecule has 0 aromatic heterocycles. The molecular weight excluding hydrogens is 317 g/mol. The number of halogens is 1. The predicted octanol–water partition coefficient (Wildman–Crippen LogP) is 4.01. The number of nitrogens with one attached hydrogen (secondary N) is 2. The Hall–Kier alpha value is -1.62. The van der Waals surface area contributed by atoms with Gasteiger partial charge >= 0.3 is 0 Å². The Morgan fingerprint density at radius 1 is 1.08 bits per heavy atom. The average molecular weight is 349 g/mol. The SMILES string of the molecule is CN=C(NCCCCOC1CCCCCC1)NCc1ccc(F)cc1. The summed E-state index contributed by atoms with van der Waals surface area (Å²) in [5.41, 5.74) is 1.03. The number of guanidine groups is 1. The molecule has 1 aromatic rings. The number of unbranched alkanes of at least 4 members (excludes halogenated alkanes) is 1. The summed E-state index contributed by atoms with van der Waals surface area (Å²) in [6.07, 6.45) is 10.5. The molecule has 4 nitrogen and oxygen atoms in total. The van der Waals surface area contributed by atoms with E-state index in [9.17, 15) is 4.39 Å². The minimum Gasteiger partial charge on any atom is -0.378 e. The fraction of sp³-hybridized carbons (Fsp3) is 0.650. The fourth-order valence-electron chi connectivity index (χ4n) is 3.10. The number of ether oxygens (including phenoxy) is 1. The Bertz CT molecular complexity index is 496. The van der Waals surface area contributed by atoms with Gasteiger partial charge in [-0.1, -0.05) is 37.8 Å². The van der Waals surface area contributed by atoms with Crippen LogP contribution in [0.2, 0.25) is 0 Å². The normalized spacial score (nSPS) is 16.5. The number of benzene rings is 1. The first-order chi connectivity index (χ1) is 12.3. The monoisotopic (exact) mass is 349 g/mol. The highest BCUT2D eigenvalue weighted by atomic mass is 19.1.